The zero-order chi connectivity index (χ0) is 25.2. The van der Waals surface area contributed by atoms with Crippen LogP contribution in [0, 0.1) is 0 Å². The molecule has 0 bridgehead atoms. The number of fused-ring (bicyclic) bond motifs is 1. The second-order valence-corrected chi connectivity index (χ2v) is 9.63. The topological polar surface area (TPSA) is 52.3 Å². The van der Waals surface area contributed by atoms with Gasteiger partial charge in [-0.2, -0.15) is 5.10 Å². The highest BCUT2D eigenvalue weighted by atomic mass is 16.5. The summed E-state index contributed by atoms with van der Waals surface area (Å²) in [6.07, 6.45) is 6.37. The number of nitrogens with zero attached hydrogens (tertiary/aromatic N) is 4. The molecule has 0 radical (unpaired) electrons. The zero-order valence-corrected chi connectivity index (χ0v) is 21.0. The predicted molar refractivity (Wildman–Crippen MR) is 147 cm³/mol. The first kappa shape index (κ1) is 23.3. The minimum atomic E-state index is -0.130. The predicted octanol–water partition coefficient (Wildman–Crippen LogP) is 6.05. The Labute approximate surface area is 216 Å². The molecule has 0 saturated carbocycles. The van der Waals surface area contributed by atoms with E-state index in [1.807, 2.05) is 42.6 Å². The smallest absolute Gasteiger partial charge is 0.258 e. The SMILES string of the molecule is CC(N1CCCC1)n1ncc2cc(-n3ccc(OCc4ccc(-c5ccccc5)cc4)cc3=O)ccc21. The maximum Gasteiger partial charge on any atom is 0.258 e. The highest BCUT2D eigenvalue weighted by Crippen LogP contribution is 2.25. The van der Waals surface area contributed by atoms with Crippen molar-refractivity contribution in [3.05, 3.63) is 113 Å². The maximum absolute atomic E-state index is 12.9. The van der Waals surface area contributed by atoms with E-state index in [2.05, 4.69) is 64.1 Å². The van der Waals surface area contributed by atoms with Gasteiger partial charge in [-0.05, 0) is 60.7 Å². The van der Waals surface area contributed by atoms with E-state index in [1.165, 1.54) is 24.0 Å². The monoisotopic (exact) mass is 490 g/mol. The van der Waals surface area contributed by atoms with Crippen LogP contribution in [0.4, 0.5) is 0 Å². The molecule has 1 fully saturated rings. The molecule has 0 amide bonds. The lowest BCUT2D eigenvalue weighted by atomic mass is 10.0. The van der Waals surface area contributed by atoms with Gasteiger partial charge in [0.15, 0.2) is 0 Å². The Morgan fingerprint density at radius 3 is 2.41 bits per heavy atom. The molecule has 6 nitrogen and oxygen atoms in total. The molecule has 3 heterocycles. The lowest BCUT2D eigenvalue weighted by molar-refractivity contribution is 0.184. The second-order valence-electron chi connectivity index (χ2n) is 9.63. The standard InChI is InChI=1S/C31H30N4O2/c1-23(33-16-5-6-17-33)35-30-14-13-28(19-27(30)21-32-35)34-18-15-29(20-31(34)36)37-22-24-9-11-26(12-10-24)25-7-3-2-4-8-25/h2-4,7-15,18-21,23H,5-6,16-17,22H2,1H3. The van der Waals surface area contributed by atoms with Crippen LogP contribution < -0.4 is 10.3 Å². The number of likely N-dealkylation sites (tertiary alicyclic amines) is 1. The average Bonchev–Trinajstić information content (AvgIpc) is 3.63. The molecule has 0 N–H and O–H groups in total. The summed E-state index contributed by atoms with van der Waals surface area (Å²) in [5, 5.41) is 5.68. The van der Waals surface area contributed by atoms with Crippen molar-refractivity contribution >= 4 is 10.9 Å². The first-order chi connectivity index (χ1) is 18.2. The molecule has 5 aromatic rings. The van der Waals surface area contributed by atoms with Gasteiger partial charge in [0.1, 0.15) is 18.5 Å². The number of rotatable bonds is 7. The van der Waals surface area contributed by atoms with Crippen molar-refractivity contribution in [2.75, 3.05) is 13.1 Å². The van der Waals surface area contributed by atoms with Crippen molar-refractivity contribution in [2.24, 2.45) is 0 Å². The summed E-state index contributed by atoms with van der Waals surface area (Å²) in [5.74, 6) is 0.557. The molecule has 6 rings (SSSR count). The molecule has 2 aromatic heterocycles. The van der Waals surface area contributed by atoms with Crippen LogP contribution in [0.15, 0.2) is 102 Å². The lowest BCUT2D eigenvalue weighted by Crippen LogP contribution is -2.28. The second kappa shape index (κ2) is 10.1. The Kier molecular flexibility index (Phi) is 6.33. The highest BCUT2D eigenvalue weighted by molar-refractivity contribution is 5.81. The van der Waals surface area contributed by atoms with Crippen molar-refractivity contribution in [2.45, 2.75) is 32.5 Å². The van der Waals surface area contributed by atoms with Gasteiger partial charge in [0.25, 0.3) is 5.56 Å². The van der Waals surface area contributed by atoms with E-state index in [1.54, 1.807) is 16.8 Å². The first-order valence-electron chi connectivity index (χ1n) is 12.9. The van der Waals surface area contributed by atoms with Crippen molar-refractivity contribution in [3.63, 3.8) is 0 Å². The van der Waals surface area contributed by atoms with Crippen LogP contribution in [-0.4, -0.2) is 32.3 Å². The van der Waals surface area contributed by atoms with Crippen LogP contribution in [0.5, 0.6) is 5.75 Å². The van der Waals surface area contributed by atoms with Crippen molar-refractivity contribution < 1.29 is 4.74 Å². The Bertz CT molecular complexity index is 1560. The number of pyridine rings is 1. The Balaban J connectivity index is 1.15. The summed E-state index contributed by atoms with van der Waals surface area (Å²) >= 11 is 0. The molecule has 0 spiro atoms. The number of hydrogen-bond acceptors (Lipinski definition) is 4. The molecule has 1 unspecified atom stereocenters. The molecule has 3 aromatic carbocycles. The van der Waals surface area contributed by atoms with Crippen LogP contribution in [0.3, 0.4) is 0 Å². The van der Waals surface area contributed by atoms with Gasteiger partial charge in [-0.3, -0.25) is 14.3 Å². The third-order valence-electron chi connectivity index (χ3n) is 7.24. The third-order valence-corrected chi connectivity index (χ3v) is 7.24. The maximum atomic E-state index is 12.9. The van der Waals surface area contributed by atoms with Gasteiger partial charge in [0.05, 0.1) is 11.7 Å². The Hall–Kier alpha value is -4.16. The van der Waals surface area contributed by atoms with E-state index in [0.717, 1.165) is 35.2 Å². The normalized spacial score (nSPS) is 14.7. The summed E-state index contributed by atoms with van der Waals surface area (Å²) < 4.78 is 9.65. The van der Waals surface area contributed by atoms with E-state index in [4.69, 9.17) is 4.74 Å². The van der Waals surface area contributed by atoms with Gasteiger partial charge < -0.3 is 4.74 Å². The van der Waals surface area contributed by atoms with Crippen LogP contribution >= 0.6 is 0 Å². The van der Waals surface area contributed by atoms with Crippen LogP contribution in [-0.2, 0) is 6.61 Å². The fraction of sp³-hybridized carbons (Fsp3) is 0.226. The molecular formula is C31H30N4O2. The van der Waals surface area contributed by atoms with Crippen molar-refractivity contribution in [1.29, 1.82) is 0 Å². The number of hydrogen-bond donors (Lipinski definition) is 0. The van der Waals surface area contributed by atoms with Crippen LogP contribution in [0.2, 0.25) is 0 Å². The molecular weight excluding hydrogens is 460 g/mol. The highest BCUT2D eigenvalue weighted by Gasteiger charge is 2.21. The van der Waals surface area contributed by atoms with Gasteiger partial charge in [-0.15, -0.1) is 0 Å². The number of benzene rings is 3. The van der Waals surface area contributed by atoms with Gasteiger partial charge in [-0.25, -0.2) is 4.68 Å². The van der Waals surface area contributed by atoms with Crippen molar-refractivity contribution in [1.82, 2.24) is 19.2 Å². The molecule has 37 heavy (non-hydrogen) atoms. The third kappa shape index (κ3) is 4.80. The summed E-state index contributed by atoms with van der Waals surface area (Å²) in [7, 11) is 0. The molecule has 0 aliphatic carbocycles. The molecule has 1 aliphatic heterocycles. The lowest BCUT2D eigenvalue weighted by Gasteiger charge is -2.24. The Morgan fingerprint density at radius 1 is 0.892 bits per heavy atom. The fourth-order valence-electron chi connectivity index (χ4n) is 5.11. The van der Waals surface area contributed by atoms with E-state index in [0.29, 0.717) is 12.4 Å². The zero-order valence-electron chi connectivity index (χ0n) is 21.0. The summed E-state index contributed by atoms with van der Waals surface area (Å²) in [6, 6.07) is 28.0. The van der Waals surface area contributed by atoms with Gasteiger partial charge >= 0.3 is 0 Å². The van der Waals surface area contributed by atoms with Crippen molar-refractivity contribution in [3.8, 4) is 22.6 Å². The minimum Gasteiger partial charge on any atom is -0.489 e. The molecule has 6 heteroatoms. The average molecular weight is 491 g/mol. The largest absolute Gasteiger partial charge is 0.489 e. The molecule has 1 saturated heterocycles. The fourth-order valence-corrected chi connectivity index (χ4v) is 5.11. The molecule has 186 valence electrons. The Morgan fingerprint density at radius 2 is 1.65 bits per heavy atom. The van der Waals surface area contributed by atoms with E-state index in [-0.39, 0.29) is 11.7 Å². The number of ether oxygens (including phenoxy) is 1. The van der Waals surface area contributed by atoms with E-state index in [9.17, 15) is 4.79 Å². The van der Waals surface area contributed by atoms with Crippen LogP contribution in [0.25, 0.3) is 27.7 Å². The van der Waals surface area contributed by atoms with Crippen LogP contribution in [0.1, 0.15) is 31.5 Å². The summed E-state index contributed by atoms with van der Waals surface area (Å²) in [4.78, 5) is 15.4. The van der Waals surface area contributed by atoms with Gasteiger partial charge in [0.2, 0.25) is 0 Å². The number of aromatic nitrogens is 3. The quantitative estimate of drug-likeness (QED) is 0.279. The molecule has 1 aliphatic rings. The van der Waals surface area contributed by atoms with Gasteiger partial charge in [0, 0.05) is 36.4 Å². The van der Waals surface area contributed by atoms with E-state index >= 15 is 0 Å². The van der Waals surface area contributed by atoms with E-state index < -0.39 is 0 Å². The summed E-state index contributed by atoms with van der Waals surface area (Å²) in [5.41, 5.74) is 5.16. The first-order valence-corrected chi connectivity index (χ1v) is 12.9. The van der Waals surface area contributed by atoms with Gasteiger partial charge in [-0.1, -0.05) is 54.6 Å². The minimum absolute atomic E-state index is 0.130. The molecule has 1 atom stereocenters. The summed E-state index contributed by atoms with van der Waals surface area (Å²) in [6.45, 7) is 4.83.